The molecule has 0 bridgehead atoms. The van der Waals surface area contributed by atoms with E-state index in [9.17, 15) is 4.79 Å². The van der Waals surface area contributed by atoms with Crippen LogP contribution in [0.2, 0.25) is 0 Å². The van der Waals surface area contributed by atoms with Gasteiger partial charge >= 0.3 is 0 Å². The SMILES string of the molecule is N[C@@H]([C]=O)CC1CCC1. The third-order valence-corrected chi connectivity index (χ3v) is 1.96. The molecule has 1 saturated carbocycles. The number of carbonyl (C=O) groups excluding carboxylic acids is 1. The topological polar surface area (TPSA) is 43.1 Å². The molecule has 0 aromatic heterocycles. The van der Waals surface area contributed by atoms with Gasteiger partial charge in [0.25, 0.3) is 0 Å². The van der Waals surface area contributed by atoms with E-state index in [-0.39, 0.29) is 6.04 Å². The summed E-state index contributed by atoms with van der Waals surface area (Å²) in [6, 6.07) is -0.324. The van der Waals surface area contributed by atoms with Crippen LogP contribution in [0, 0.1) is 5.92 Å². The van der Waals surface area contributed by atoms with Crippen LogP contribution in [0.25, 0.3) is 0 Å². The highest BCUT2D eigenvalue weighted by molar-refractivity contribution is 5.57. The molecule has 0 amide bonds. The number of rotatable bonds is 3. The van der Waals surface area contributed by atoms with Crippen LogP contribution in [-0.2, 0) is 4.79 Å². The van der Waals surface area contributed by atoms with Gasteiger partial charge in [-0.3, -0.25) is 4.79 Å². The van der Waals surface area contributed by atoms with Gasteiger partial charge in [0, 0.05) is 0 Å². The van der Waals surface area contributed by atoms with Crippen molar-refractivity contribution < 1.29 is 4.79 Å². The molecule has 1 atom stereocenters. The summed E-state index contributed by atoms with van der Waals surface area (Å²) in [6.07, 6.45) is 6.48. The molecule has 1 rings (SSSR count). The van der Waals surface area contributed by atoms with Gasteiger partial charge in [0.15, 0.2) is 0 Å². The summed E-state index contributed by atoms with van der Waals surface area (Å²) >= 11 is 0. The molecule has 0 aromatic rings. The van der Waals surface area contributed by atoms with Crippen molar-refractivity contribution in [3.05, 3.63) is 0 Å². The fraction of sp³-hybridized carbons (Fsp3) is 0.857. The maximum atomic E-state index is 9.93. The second kappa shape index (κ2) is 2.97. The van der Waals surface area contributed by atoms with Crippen LogP contribution in [0.3, 0.4) is 0 Å². The Morgan fingerprint density at radius 2 is 2.33 bits per heavy atom. The molecule has 1 aliphatic carbocycles. The Morgan fingerprint density at radius 1 is 1.67 bits per heavy atom. The van der Waals surface area contributed by atoms with Crippen LogP contribution in [0.4, 0.5) is 0 Å². The van der Waals surface area contributed by atoms with E-state index in [1.165, 1.54) is 19.3 Å². The van der Waals surface area contributed by atoms with Gasteiger partial charge < -0.3 is 5.73 Å². The Balaban J connectivity index is 2.08. The van der Waals surface area contributed by atoms with Crippen molar-refractivity contribution in [2.75, 3.05) is 0 Å². The third-order valence-electron chi connectivity index (χ3n) is 1.96. The Hall–Kier alpha value is -0.370. The molecule has 1 aliphatic rings. The molecular formula is C7H12NO. The molecule has 0 spiro atoms. The van der Waals surface area contributed by atoms with Crippen LogP contribution in [0.5, 0.6) is 0 Å². The zero-order valence-electron chi connectivity index (χ0n) is 5.47. The van der Waals surface area contributed by atoms with Gasteiger partial charge in [-0.25, -0.2) is 0 Å². The molecule has 0 saturated heterocycles. The van der Waals surface area contributed by atoms with Crippen LogP contribution in [0.15, 0.2) is 0 Å². The van der Waals surface area contributed by atoms with Crippen molar-refractivity contribution in [3.63, 3.8) is 0 Å². The third kappa shape index (κ3) is 1.79. The summed E-state index contributed by atoms with van der Waals surface area (Å²) in [6.45, 7) is 0. The molecule has 2 N–H and O–H groups in total. The van der Waals surface area contributed by atoms with Gasteiger partial charge in [0.1, 0.15) is 0 Å². The van der Waals surface area contributed by atoms with Gasteiger partial charge in [0.2, 0.25) is 6.29 Å². The average molecular weight is 126 g/mol. The predicted octanol–water partition coefficient (Wildman–Crippen LogP) is 0.614. The van der Waals surface area contributed by atoms with Crippen LogP contribution in [0.1, 0.15) is 25.7 Å². The fourth-order valence-electron chi connectivity index (χ4n) is 1.14. The van der Waals surface area contributed by atoms with Crippen molar-refractivity contribution in [2.45, 2.75) is 31.7 Å². The highest BCUT2D eigenvalue weighted by Crippen LogP contribution is 2.29. The molecule has 2 nitrogen and oxygen atoms in total. The van der Waals surface area contributed by atoms with E-state index in [0.29, 0.717) is 0 Å². The van der Waals surface area contributed by atoms with E-state index in [1.807, 2.05) is 0 Å². The van der Waals surface area contributed by atoms with Gasteiger partial charge in [-0.15, -0.1) is 0 Å². The molecule has 1 fully saturated rings. The second-order valence-electron chi connectivity index (χ2n) is 2.76. The highest BCUT2D eigenvalue weighted by Gasteiger charge is 2.19. The first-order valence-corrected chi connectivity index (χ1v) is 3.46. The maximum Gasteiger partial charge on any atom is 0.216 e. The lowest BCUT2D eigenvalue weighted by Crippen LogP contribution is -2.27. The lowest BCUT2D eigenvalue weighted by molar-refractivity contribution is 0.289. The van der Waals surface area contributed by atoms with E-state index in [0.717, 1.165) is 12.3 Å². The molecule has 0 aromatic carbocycles. The maximum absolute atomic E-state index is 9.93. The van der Waals surface area contributed by atoms with Crippen molar-refractivity contribution in [1.82, 2.24) is 0 Å². The summed E-state index contributed by atoms with van der Waals surface area (Å²) in [5.41, 5.74) is 5.36. The van der Waals surface area contributed by atoms with E-state index < -0.39 is 0 Å². The molecule has 2 heteroatoms. The van der Waals surface area contributed by atoms with Gasteiger partial charge in [0.05, 0.1) is 6.04 Å². The summed E-state index contributed by atoms with van der Waals surface area (Å²) < 4.78 is 0. The molecular weight excluding hydrogens is 114 g/mol. The first-order chi connectivity index (χ1) is 4.33. The minimum atomic E-state index is -0.324. The molecule has 9 heavy (non-hydrogen) atoms. The average Bonchev–Trinajstić information content (AvgIpc) is 1.78. The van der Waals surface area contributed by atoms with Crippen LogP contribution >= 0.6 is 0 Å². The standard InChI is InChI=1S/C7H12NO/c8-7(5-9)4-6-2-1-3-6/h6-7H,1-4,8H2/t7-/m1/s1. The molecule has 0 aliphatic heterocycles. The zero-order valence-corrected chi connectivity index (χ0v) is 5.47. The number of nitrogens with two attached hydrogens (primary N) is 1. The highest BCUT2D eigenvalue weighted by atomic mass is 16.1. The van der Waals surface area contributed by atoms with Crippen molar-refractivity contribution in [3.8, 4) is 0 Å². The monoisotopic (exact) mass is 126 g/mol. The molecule has 0 heterocycles. The minimum Gasteiger partial charge on any atom is -0.321 e. The number of hydrogen-bond donors (Lipinski definition) is 1. The molecule has 0 unspecified atom stereocenters. The summed E-state index contributed by atoms with van der Waals surface area (Å²) in [5, 5.41) is 0. The van der Waals surface area contributed by atoms with Gasteiger partial charge in [-0.2, -0.15) is 0 Å². The van der Waals surface area contributed by atoms with Gasteiger partial charge in [-0.1, -0.05) is 19.3 Å². The van der Waals surface area contributed by atoms with E-state index in [1.54, 1.807) is 6.29 Å². The van der Waals surface area contributed by atoms with Crippen LogP contribution in [-0.4, -0.2) is 12.3 Å². The fourth-order valence-corrected chi connectivity index (χ4v) is 1.14. The van der Waals surface area contributed by atoms with Crippen LogP contribution < -0.4 is 5.73 Å². The summed E-state index contributed by atoms with van der Waals surface area (Å²) in [4.78, 5) is 9.93. The minimum absolute atomic E-state index is 0.324. The molecule has 1 radical (unpaired) electrons. The Labute approximate surface area is 55.4 Å². The van der Waals surface area contributed by atoms with Crippen molar-refractivity contribution >= 4 is 6.29 Å². The largest absolute Gasteiger partial charge is 0.321 e. The normalized spacial score (nSPS) is 22.8. The second-order valence-corrected chi connectivity index (χ2v) is 2.76. The number of hydrogen-bond acceptors (Lipinski definition) is 2. The Morgan fingerprint density at radius 3 is 2.67 bits per heavy atom. The lowest BCUT2D eigenvalue weighted by atomic mass is 9.81. The first-order valence-electron chi connectivity index (χ1n) is 3.46. The van der Waals surface area contributed by atoms with Crippen molar-refractivity contribution in [2.24, 2.45) is 11.7 Å². The lowest BCUT2D eigenvalue weighted by Gasteiger charge is -2.25. The molecule has 51 valence electrons. The van der Waals surface area contributed by atoms with E-state index in [2.05, 4.69) is 0 Å². The summed E-state index contributed by atoms with van der Waals surface area (Å²) in [5.74, 6) is 0.724. The zero-order chi connectivity index (χ0) is 6.69. The quantitative estimate of drug-likeness (QED) is 0.602. The first kappa shape index (κ1) is 6.75. The predicted molar refractivity (Wildman–Crippen MR) is 35.6 cm³/mol. The Bertz CT molecular complexity index is 99.1. The van der Waals surface area contributed by atoms with E-state index >= 15 is 0 Å². The smallest absolute Gasteiger partial charge is 0.216 e. The van der Waals surface area contributed by atoms with Gasteiger partial charge in [-0.05, 0) is 12.3 Å². The summed E-state index contributed by atoms with van der Waals surface area (Å²) in [7, 11) is 0. The van der Waals surface area contributed by atoms with Crippen molar-refractivity contribution in [1.29, 1.82) is 0 Å². The van der Waals surface area contributed by atoms with E-state index in [4.69, 9.17) is 5.73 Å². The Kier molecular flexibility index (Phi) is 2.22.